The highest BCUT2D eigenvalue weighted by atomic mass is 15.3. The molecule has 0 atom stereocenters. The largest absolute Gasteiger partial charge is 0.221 e. The van der Waals surface area contributed by atoms with Crippen LogP contribution in [-0.2, 0) is 0 Å². The second kappa shape index (κ2) is 2.05. The molecule has 2 rings (SSSR count). The van der Waals surface area contributed by atoms with E-state index in [1.807, 2.05) is 26.0 Å². The molecule has 0 aliphatic heterocycles. The lowest BCUT2D eigenvalue weighted by Gasteiger charge is -1.98. The van der Waals surface area contributed by atoms with Crippen molar-refractivity contribution in [3.8, 4) is 0 Å². The quantitative estimate of drug-likeness (QED) is 0.558. The van der Waals surface area contributed by atoms with Crippen molar-refractivity contribution < 1.29 is 0 Å². The van der Waals surface area contributed by atoms with Crippen LogP contribution < -0.4 is 0 Å². The number of nitrogens with zero attached hydrogens (tertiary/aromatic N) is 3. The molecule has 0 saturated heterocycles. The van der Waals surface area contributed by atoms with Gasteiger partial charge in [0.2, 0.25) is 6.33 Å². The normalized spacial score (nSPS) is 10.7. The van der Waals surface area contributed by atoms with E-state index in [0.29, 0.717) is 0 Å². The number of aromatic nitrogens is 3. The first-order valence-corrected chi connectivity index (χ1v) is 3.48. The maximum Gasteiger partial charge on any atom is 0.221 e. The molecular weight excluding hydrogens is 138 g/mol. The van der Waals surface area contributed by atoms with E-state index in [9.17, 15) is 0 Å². The number of pyridine rings is 1. The number of aryl methyl sites for hydroxylation is 2. The Balaban J connectivity index is 2.96. The molecule has 0 fully saturated rings. The number of hydrogen-bond donors (Lipinski definition) is 0. The number of hydrogen-bond acceptors (Lipinski definition) is 2. The maximum absolute atomic E-state index is 4.01. The van der Waals surface area contributed by atoms with Crippen molar-refractivity contribution in [3.63, 3.8) is 0 Å². The van der Waals surface area contributed by atoms with Crippen molar-refractivity contribution in [2.24, 2.45) is 0 Å². The van der Waals surface area contributed by atoms with Crippen molar-refractivity contribution >= 4 is 5.65 Å². The van der Waals surface area contributed by atoms with E-state index in [4.69, 9.17) is 0 Å². The standard InChI is InChI=1S/C8H8N3/c1-6-3-4-7(2)11-8(6)9-5-10-11/h3-4H,1-2H3. The zero-order valence-corrected chi connectivity index (χ0v) is 6.50. The predicted molar refractivity (Wildman–Crippen MR) is 41.3 cm³/mol. The second-order valence-electron chi connectivity index (χ2n) is 2.60. The summed E-state index contributed by atoms with van der Waals surface area (Å²) in [6, 6.07) is 4.05. The molecule has 3 heteroatoms. The molecule has 0 unspecified atom stereocenters. The van der Waals surface area contributed by atoms with E-state index in [0.717, 1.165) is 16.9 Å². The highest BCUT2D eigenvalue weighted by molar-refractivity contribution is 5.46. The Morgan fingerprint density at radius 1 is 1.36 bits per heavy atom. The van der Waals surface area contributed by atoms with Crippen LogP contribution in [0.3, 0.4) is 0 Å². The molecular formula is C8H8N3. The summed E-state index contributed by atoms with van der Waals surface area (Å²) >= 11 is 0. The fourth-order valence-electron chi connectivity index (χ4n) is 1.10. The highest BCUT2D eigenvalue weighted by Gasteiger charge is 2.00. The zero-order valence-electron chi connectivity index (χ0n) is 6.50. The van der Waals surface area contributed by atoms with E-state index in [1.54, 1.807) is 4.52 Å². The minimum Gasteiger partial charge on any atom is -0.217 e. The Hall–Kier alpha value is -1.38. The minimum atomic E-state index is 0.894. The lowest BCUT2D eigenvalue weighted by Crippen LogP contribution is -1.94. The maximum atomic E-state index is 4.01. The lowest BCUT2D eigenvalue weighted by atomic mass is 10.3. The van der Waals surface area contributed by atoms with Crippen LogP contribution in [0, 0.1) is 20.2 Å². The van der Waals surface area contributed by atoms with Gasteiger partial charge in [-0.3, -0.25) is 0 Å². The van der Waals surface area contributed by atoms with Gasteiger partial charge in [-0.25, -0.2) is 9.50 Å². The Bertz CT molecular complexity index is 353. The molecule has 2 heterocycles. The summed E-state index contributed by atoms with van der Waals surface area (Å²) in [5.74, 6) is 0. The summed E-state index contributed by atoms with van der Waals surface area (Å²) in [6.45, 7) is 4.01. The van der Waals surface area contributed by atoms with Gasteiger partial charge < -0.3 is 0 Å². The predicted octanol–water partition coefficient (Wildman–Crippen LogP) is 1.15. The number of rotatable bonds is 0. The van der Waals surface area contributed by atoms with Gasteiger partial charge in [0, 0.05) is 5.69 Å². The van der Waals surface area contributed by atoms with Crippen molar-refractivity contribution in [3.05, 3.63) is 29.7 Å². The van der Waals surface area contributed by atoms with Crippen molar-refractivity contribution in [2.45, 2.75) is 13.8 Å². The second-order valence-corrected chi connectivity index (χ2v) is 2.60. The molecule has 3 nitrogen and oxygen atoms in total. The molecule has 55 valence electrons. The Kier molecular flexibility index (Phi) is 1.18. The first-order valence-electron chi connectivity index (χ1n) is 3.48. The molecule has 1 radical (unpaired) electrons. The number of fused-ring (bicyclic) bond motifs is 1. The van der Waals surface area contributed by atoms with Gasteiger partial charge in [0.25, 0.3) is 0 Å². The van der Waals surface area contributed by atoms with E-state index >= 15 is 0 Å². The minimum absolute atomic E-state index is 0.894. The molecule has 0 spiro atoms. The third-order valence-electron chi connectivity index (χ3n) is 1.76. The monoisotopic (exact) mass is 146 g/mol. The van der Waals surface area contributed by atoms with Crippen LogP contribution in [0.25, 0.3) is 5.65 Å². The van der Waals surface area contributed by atoms with Gasteiger partial charge in [-0.1, -0.05) is 6.07 Å². The van der Waals surface area contributed by atoms with Crippen LogP contribution in [0.15, 0.2) is 12.1 Å². The highest BCUT2D eigenvalue weighted by Crippen LogP contribution is 2.07. The average Bonchev–Trinajstić information content (AvgIpc) is 2.45. The third kappa shape index (κ3) is 0.808. The Morgan fingerprint density at radius 2 is 2.18 bits per heavy atom. The van der Waals surface area contributed by atoms with Crippen LogP contribution in [0.2, 0.25) is 0 Å². The van der Waals surface area contributed by atoms with Crippen molar-refractivity contribution in [1.82, 2.24) is 14.6 Å². The molecule has 0 bridgehead atoms. The fraction of sp³-hybridized carbons (Fsp3) is 0.250. The smallest absolute Gasteiger partial charge is 0.217 e. The first kappa shape index (κ1) is 6.34. The summed E-state index contributed by atoms with van der Waals surface area (Å²) in [5, 5.41) is 3.96. The van der Waals surface area contributed by atoms with Gasteiger partial charge >= 0.3 is 0 Å². The summed E-state index contributed by atoms with van der Waals surface area (Å²) < 4.78 is 1.79. The van der Waals surface area contributed by atoms with Crippen LogP contribution in [0.4, 0.5) is 0 Å². The summed E-state index contributed by atoms with van der Waals surface area (Å²) in [7, 11) is 0. The topological polar surface area (TPSA) is 30.2 Å². The molecule has 0 amide bonds. The summed E-state index contributed by atoms with van der Waals surface area (Å²) in [4.78, 5) is 4.01. The van der Waals surface area contributed by atoms with Crippen LogP contribution in [-0.4, -0.2) is 14.6 Å². The van der Waals surface area contributed by atoms with E-state index in [1.165, 1.54) is 0 Å². The molecule has 0 aromatic carbocycles. The Labute approximate surface area is 64.7 Å². The molecule has 2 aromatic heterocycles. The fourth-order valence-corrected chi connectivity index (χ4v) is 1.10. The summed E-state index contributed by atoms with van der Waals surface area (Å²) in [6.07, 6.45) is 2.58. The molecule has 11 heavy (non-hydrogen) atoms. The summed E-state index contributed by atoms with van der Waals surface area (Å²) in [5.41, 5.74) is 3.11. The van der Waals surface area contributed by atoms with E-state index < -0.39 is 0 Å². The van der Waals surface area contributed by atoms with Gasteiger partial charge in [0.1, 0.15) is 0 Å². The molecule has 0 N–H and O–H groups in total. The Morgan fingerprint density at radius 3 is 2.91 bits per heavy atom. The lowest BCUT2D eigenvalue weighted by molar-refractivity contribution is 0.906. The average molecular weight is 146 g/mol. The van der Waals surface area contributed by atoms with Crippen LogP contribution >= 0.6 is 0 Å². The molecule has 0 saturated carbocycles. The van der Waals surface area contributed by atoms with Gasteiger partial charge in [-0.2, -0.15) is 0 Å². The molecule has 2 aromatic rings. The van der Waals surface area contributed by atoms with Gasteiger partial charge in [0.15, 0.2) is 5.65 Å². The SMILES string of the molecule is Cc1ccc(C)n2n[c]nc12. The zero-order chi connectivity index (χ0) is 7.84. The van der Waals surface area contributed by atoms with Crippen LogP contribution in [0.1, 0.15) is 11.3 Å². The van der Waals surface area contributed by atoms with Crippen LogP contribution in [0.5, 0.6) is 0 Å². The van der Waals surface area contributed by atoms with Crippen molar-refractivity contribution in [1.29, 1.82) is 0 Å². The van der Waals surface area contributed by atoms with Gasteiger partial charge in [0.05, 0.1) is 0 Å². The third-order valence-corrected chi connectivity index (χ3v) is 1.76. The molecule has 0 aliphatic rings. The van der Waals surface area contributed by atoms with Crippen molar-refractivity contribution in [2.75, 3.05) is 0 Å². The molecule has 0 aliphatic carbocycles. The first-order chi connectivity index (χ1) is 5.29. The van der Waals surface area contributed by atoms with E-state index in [-0.39, 0.29) is 0 Å². The van der Waals surface area contributed by atoms with Gasteiger partial charge in [-0.15, -0.1) is 5.10 Å². The van der Waals surface area contributed by atoms with Gasteiger partial charge in [-0.05, 0) is 25.5 Å². The van der Waals surface area contributed by atoms with E-state index in [2.05, 4.69) is 16.4 Å².